The predicted octanol–water partition coefficient (Wildman–Crippen LogP) is 3.71. The maximum atomic E-state index is 12.7. The van der Waals surface area contributed by atoms with Crippen molar-refractivity contribution in [1.29, 1.82) is 0 Å². The number of hydrogen-bond donors (Lipinski definition) is 2. The van der Waals surface area contributed by atoms with E-state index >= 15 is 0 Å². The molecule has 1 fully saturated rings. The molecule has 1 aliphatic heterocycles. The topological polar surface area (TPSA) is 78.5 Å². The maximum absolute atomic E-state index is 12.7. The fourth-order valence-corrected chi connectivity index (χ4v) is 4.61. The van der Waals surface area contributed by atoms with Crippen molar-refractivity contribution in [2.75, 3.05) is 30.3 Å². The largest absolute Gasteiger partial charge is 0.382 e. The van der Waals surface area contributed by atoms with E-state index in [-0.39, 0.29) is 10.8 Å². The molecule has 3 rings (SSSR count). The summed E-state index contributed by atoms with van der Waals surface area (Å²) in [6.07, 6.45) is 4.62. The number of anilines is 2. The van der Waals surface area contributed by atoms with Crippen LogP contribution in [0.1, 0.15) is 29.6 Å². The molecule has 1 aliphatic rings. The van der Waals surface area contributed by atoms with Gasteiger partial charge in [-0.05, 0) is 61.4 Å². The van der Waals surface area contributed by atoms with Crippen molar-refractivity contribution < 1.29 is 13.2 Å². The van der Waals surface area contributed by atoms with Crippen molar-refractivity contribution in [1.82, 2.24) is 4.31 Å². The number of piperidine rings is 1. The Bertz CT molecular complexity index is 916. The summed E-state index contributed by atoms with van der Waals surface area (Å²) in [4.78, 5) is 12.7. The molecule has 0 radical (unpaired) electrons. The Morgan fingerprint density at radius 1 is 0.964 bits per heavy atom. The normalized spacial score (nSPS) is 15.0. The molecule has 0 spiro atoms. The lowest BCUT2D eigenvalue weighted by molar-refractivity contribution is 0.102. The van der Waals surface area contributed by atoms with E-state index in [1.807, 2.05) is 12.1 Å². The predicted molar refractivity (Wildman–Crippen MR) is 112 cm³/mol. The molecule has 0 atom stereocenters. The van der Waals surface area contributed by atoms with Gasteiger partial charge in [0.2, 0.25) is 10.0 Å². The van der Waals surface area contributed by atoms with Crippen molar-refractivity contribution >= 4 is 27.3 Å². The maximum Gasteiger partial charge on any atom is 0.255 e. The number of carbonyl (C=O) groups excluding carboxylic acids is 1. The molecule has 28 heavy (non-hydrogen) atoms. The third-order valence-electron chi connectivity index (χ3n) is 4.66. The molecule has 0 saturated carbocycles. The lowest BCUT2D eigenvalue weighted by Gasteiger charge is -2.25. The van der Waals surface area contributed by atoms with Gasteiger partial charge >= 0.3 is 0 Å². The SMILES string of the molecule is C=CCNc1ccc(NC(=O)c2ccc(S(=O)(=O)N3CCCCC3)cc2)cc1. The van der Waals surface area contributed by atoms with Crippen LogP contribution in [0.25, 0.3) is 0 Å². The van der Waals surface area contributed by atoms with E-state index in [0.29, 0.717) is 30.9 Å². The van der Waals surface area contributed by atoms with Gasteiger partial charge in [-0.2, -0.15) is 4.31 Å². The monoisotopic (exact) mass is 399 g/mol. The van der Waals surface area contributed by atoms with Crippen molar-refractivity contribution in [2.45, 2.75) is 24.2 Å². The molecule has 1 heterocycles. The fourth-order valence-electron chi connectivity index (χ4n) is 3.10. The third-order valence-corrected chi connectivity index (χ3v) is 6.58. The highest BCUT2D eigenvalue weighted by Crippen LogP contribution is 2.21. The van der Waals surface area contributed by atoms with E-state index in [0.717, 1.165) is 24.9 Å². The molecule has 2 N–H and O–H groups in total. The Morgan fingerprint density at radius 2 is 1.57 bits per heavy atom. The van der Waals surface area contributed by atoms with Crippen LogP contribution in [-0.2, 0) is 10.0 Å². The Morgan fingerprint density at radius 3 is 2.18 bits per heavy atom. The molecule has 0 aromatic heterocycles. The first-order chi connectivity index (χ1) is 13.5. The van der Waals surface area contributed by atoms with Crippen LogP contribution in [-0.4, -0.2) is 38.3 Å². The van der Waals surface area contributed by atoms with Crippen molar-refractivity contribution in [2.24, 2.45) is 0 Å². The molecule has 2 aromatic carbocycles. The molecular formula is C21H25N3O3S. The number of sulfonamides is 1. The average molecular weight is 400 g/mol. The van der Waals surface area contributed by atoms with E-state index in [1.54, 1.807) is 30.3 Å². The first-order valence-corrected chi connectivity index (χ1v) is 10.8. The smallest absolute Gasteiger partial charge is 0.255 e. The second-order valence-corrected chi connectivity index (χ2v) is 8.63. The van der Waals surface area contributed by atoms with Crippen molar-refractivity contribution in [3.63, 3.8) is 0 Å². The molecule has 148 valence electrons. The number of carbonyl (C=O) groups is 1. The minimum absolute atomic E-state index is 0.226. The summed E-state index contributed by atoms with van der Waals surface area (Å²) >= 11 is 0. The summed E-state index contributed by atoms with van der Waals surface area (Å²) in [7, 11) is -3.49. The summed E-state index contributed by atoms with van der Waals surface area (Å²) in [5.41, 5.74) is 2.01. The Balaban J connectivity index is 1.65. The lowest BCUT2D eigenvalue weighted by Crippen LogP contribution is -2.35. The van der Waals surface area contributed by atoms with Gasteiger partial charge in [0, 0.05) is 36.6 Å². The molecule has 6 nitrogen and oxygen atoms in total. The second-order valence-electron chi connectivity index (χ2n) is 6.69. The zero-order valence-electron chi connectivity index (χ0n) is 15.7. The highest BCUT2D eigenvalue weighted by molar-refractivity contribution is 7.89. The van der Waals surface area contributed by atoms with Crippen LogP contribution in [0.2, 0.25) is 0 Å². The molecular weight excluding hydrogens is 374 g/mol. The Labute approximate surface area is 166 Å². The fraction of sp³-hybridized carbons (Fsp3) is 0.286. The molecule has 2 aromatic rings. The number of rotatable bonds is 7. The van der Waals surface area contributed by atoms with Gasteiger partial charge in [0.05, 0.1) is 4.90 Å². The van der Waals surface area contributed by atoms with Crippen LogP contribution < -0.4 is 10.6 Å². The molecule has 1 saturated heterocycles. The number of nitrogens with one attached hydrogen (secondary N) is 2. The summed E-state index contributed by atoms with van der Waals surface area (Å²) < 4.78 is 26.9. The van der Waals surface area contributed by atoms with Gasteiger partial charge in [-0.25, -0.2) is 8.42 Å². The van der Waals surface area contributed by atoms with Gasteiger partial charge < -0.3 is 10.6 Å². The van der Waals surface area contributed by atoms with E-state index in [1.165, 1.54) is 16.4 Å². The van der Waals surface area contributed by atoms with Crippen LogP contribution >= 0.6 is 0 Å². The lowest BCUT2D eigenvalue weighted by atomic mass is 10.2. The highest BCUT2D eigenvalue weighted by atomic mass is 32.2. The minimum Gasteiger partial charge on any atom is -0.382 e. The van der Waals surface area contributed by atoms with E-state index < -0.39 is 10.0 Å². The van der Waals surface area contributed by atoms with Gasteiger partial charge in [0.25, 0.3) is 5.91 Å². The van der Waals surface area contributed by atoms with E-state index in [2.05, 4.69) is 17.2 Å². The zero-order chi connectivity index (χ0) is 20.0. The number of hydrogen-bond acceptors (Lipinski definition) is 4. The molecule has 1 amide bonds. The molecule has 0 aliphatic carbocycles. The number of benzene rings is 2. The molecule has 0 bridgehead atoms. The van der Waals surface area contributed by atoms with Gasteiger partial charge in [-0.15, -0.1) is 6.58 Å². The van der Waals surface area contributed by atoms with Crippen molar-refractivity contribution in [3.8, 4) is 0 Å². The van der Waals surface area contributed by atoms with Crippen LogP contribution in [0.15, 0.2) is 66.1 Å². The zero-order valence-corrected chi connectivity index (χ0v) is 16.5. The highest BCUT2D eigenvalue weighted by Gasteiger charge is 2.25. The minimum atomic E-state index is -3.49. The summed E-state index contributed by atoms with van der Waals surface area (Å²) in [6, 6.07) is 13.4. The Hall–Kier alpha value is -2.64. The first-order valence-electron chi connectivity index (χ1n) is 9.37. The van der Waals surface area contributed by atoms with Crippen LogP contribution in [0, 0.1) is 0 Å². The summed E-state index contributed by atoms with van der Waals surface area (Å²) in [6.45, 7) is 5.43. The van der Waals surface area contributed by atoms with Gasteiger partial charge in [-0.1, -0.05) is 12.5 Å². The standard InChI is InChI=1S/C21H25N3O3S/c1-2-14-22-18-8-10-19(11-9-18)23-21(25)17-6-12-20(13-7-17)28(26,27)24-15-4-3-5-16-24/h2,6-13,22H,1,3-5,14-16H2,(H,23,25). The summed E-state index contributed by atoms with van der Waals surface area (Å²) in [5, 5.41) is 5.98. The van der Waals surface area contributed by atoms with Gasteiger partial charge in [-0.3, -0.25) is 4.79 Å². The van der Waals surface area contributed by atoms with E-state index in [4.69, 9.17) is 0 Å². The molecule has 0 unspecified atom stereocenters. The van der Waals surface area contributed by atoms with Gasteiger partial charge in [0.15, 0.2) is 0 Å². The Kier molecular flexibility index (Phi) is 6.49. The third kappa shape index (κ3) is 4.79. The van der Waals surface area contributed by atoms with Crippen LogP contribution in [0.4, 0.5) is 11.4 Å². The summed E-state index contributed by atoms with van der Waals surface area (Å²) in [5.74, 6) is -0.284. The van der Waals surface area contributed by atoms with Crippen LogP contribution in [0.3, 0.4) is 0 Å². The second kappa shape index (κ2) is 9.03. The average Bonchev–Trinajstić information content (AvgIpc) is 2.74. The van der Waals surface area contributed by atoms with Gasteiger partial charge in [0.1, 0.15) is 0 Å². The number of nitrogens with zero attached hydrogens (tertiary/aromatic N) is 1. The first kappa shape index (κ1) is 20.1. The van der Waals surface area contributed by atoms with Crippen LogP contribution in [0.5, 0.6) is 0 Å². The molecule has 7 heteroatoms. The van der Waals surface area contributed by atoms with Crippen molar-refractivity contribution in [3.05, 3.63) is 66.7 Å². The quantitative estimate of drug-likeness (QED) is 0.696. The number of amides is 1. The van der Waals surface area contributed by atoms with E-state index in [9.17, 15) is 13.2 Å².